The number of fused-ring (bicyclic) bond motifs is 2. The molecule has 0 bridgehead atoms. The van der Waals surface area contributed by atoms with Crippen LogP contribution in [0.25, 0.3) is 12.2 Å². The molecule has 0 fully saturated rings. The Morgan fingerprint density at radius 2 is 1.81 bits per heavy atom. The summed E-state index contributed by atoms with van der Waals surface area (Å²) in [6, 6.07) is 14.4. The summed E-state index contributed by atoms with van der Waals surface area (Å²) in [4.78, 5) is 0. The van der Waals surface area contributed by atoms with Crippen LogP contribution >= 0.6 is 11.6 Å². The van der Waals surface area contributed by atoms with Gasteiger partial charge in [0.15, 0.2) is 0 Å². The van der Waals surface area contributed by atoms with Gasteiger partial charge in [-0.05, 0) is 41.4 Å². The van der Waals surface area contributed by atoms with Crippen LogP contribution in [0.5, 0.6) is 0 Å². The first-order valence-electron chi connectivity index (χ1n) is 6.99. The lowest BCUT2D eigenvalue weighted by atomic mass is 9.88. The first-order valence-corrected chi connectivity index (χ1v) is 7.37. The summed E-state index contributed by atoms with van der Waals surface area (Å²) in [5.41, 5.74) is 4.80. The van der Waals surface area contributed by atoms with Crippen LogP contribution in [0.3, 0.4) is 0 Å². The predicted octanol–water partition coefficient (Wildman–Crippen LogP) is 4.18. The summed E-state index contributed by atoms with van der Waals surface area (Å²) in [5, 5.41) is 3.82. The third-order valence-corrected chi connectivity index (χ3v) is 3.86. The standard InChI is InChI=1S/C19H16ClN/c1-21-12-4-7-18-17-6-3-2-5-14(17)8-9-15-10-11-16(20)13-19(15)18/h2-3,5-6,8-11,13,18,21H,12H2,1H3. The Morgan fingerprint density at radius 3 is 2.62 bits per heavy atom. The molecule has 2 heteroatoms. The molecule has 1 atom stereocenters. The van der Waals surface area contributed by atoms with Crippen molar-refractivity contribution in [2.24, 2.45) is 0 Å². The Kier molecular flexibility index (Phi) is 4.10. The molecule has 0 radical (unpaired) electrons. The Morgan fingerprint density at radius 1 is 1.05 bits per heavy atom. The van der Waals surface area contributed by atoms with Crippen molar-refractivity contribution in [2.45, 2.75) is 5.92 Å². The molecule has 0 heterocycles. The third-order valence-electron chi connectivity index (χ3n) is 3.62. The molecule has 21 heavy (non-hydrogen) atoms. The van der Waals surface area contributed by atoms with E-state index in [4.69, 9.17) is 11.6 Å². The summed E-state index contributed by atoms with van der Waals surface area (Å²) in [7, 11) is 1.90. The Hall–Kier alpha value is -2.01. The maximum atomic E-state index is 6.20. The minimum atomic E-state index is 0.0539. The van der Waals surface area contributed by atoms with Crippen molar-refractivity contribution in [1.82, 2.24) is 5.32 Å². The van der Waals surface area contributed by atoms with E-state index in [2.05, 4.69) is 59.6 Å². The molecule has 104 valence electrons. The van der Waals surface area contributed by atoms with Crippen molar-refractivity contribution in [2.75, 3.05) is 13.6 Å². The fraction of sp³-hybridized carbons (Fsp3) is 0.158. The Bertz CT molecular complexity index is 750. The van der Waals surface area contributed by atoms with E-state index in [9.17, 15) is 0 Å². The minimum absolute atomic E-state index is 0.0539. The fourth-order valence-electron chi connectivity index (χ4n) is 2.62. The van der Waals surface area contributed by atoms with Gasteiger partial charge in [-0.25, -0.2) is 0 Å². The molecule has 0 spiro atoms. The molecule has 2 aromatic rings. The highest BCUT2D eigenvalue weighted by atomic mass is 35.5. The number of halogens is 1. The molecule has 1 N–H and O–H groups in total. The Balaban J connectivity index is 2.19. The lowest BCUT2D eigenvalue weighted by Crippen LogP contribution is -2.06. The second kappa shape index (κ2) is 6.18. The van der Waals surface area contributed by atoms with Crippen LogP contribution in [0.2, 0.25) is 5.02 Å². The quantitative estimate of drug-likeness (QED) is 0.778. The topological polar surface area (TPSA) is 12.0 Å². The van der Waals surface area contributed by atoms with Crippen LogP contribution in [0, 0.1) is 11.8 Å². The largest absolute Gasteiger partial charge is 0.309 e. The van der Waals surface area contributed by atoms with Gasteiger partial charge in [0.2, 0.25) is 0 Å². The molecule has 2 aromatic carbocycles. The van der Waals surface area contributed by atoms with Gasteiger partial charge in [-0.3, -0.25) is 0 Å². The van der Waals surface area contributed by atoms with Crippen LogP contribution in [-0.4, -0.2) is 13.6 Å². The zero-order valence-electron chi connectivity index (χ0n) is 11.9. The Labute approximate surface area is 130 Å². The van der Waals surface area contributed by atoms with Crippen molar-refractivity contribution in [3.63, 3.8) is 0 Å². The molecule has 0 aliphatic heterocycles. The van der Waals surface area contributed by atoms with Gasteiger partial charge < -0.3 is 5.32 Å². The van der Waals surface area contributed by atoms with E-state index in [1.54, 1.807) is 0 Å². The average molecular weight is 294 g/mol. The van der Waals surface area contributed by atoms with Gasteiger partial charge in [0.1, 0.15) is 0 Å². The van der Waals surface area contributed by atoms with Gasteiger partial charge >= 0.3 is 0 Å². The van der Waals surface area contributed by atoms with Crippen LogP contribution < -0.4 is 5.32 Å². The number of rotatable bonds is 1. The maximum absolute atomic E-state index is 6.20. The lowest BCUT2D eigenvalue weighted by Gasteiger charge is -2.15. The summed E-state index contributed by atoms with van der Waals surface area (Å²) in [6.07, 6.45) is 4.30. The van der Waals surface area contributed by atoms with Crippen molar-refractivity contribution >= 4 is 23.8 Å². The highest BCUT2D eigenvalue weighted by molar-refractivity contribution is 6.30. The highest BCUT2D eigenvalue weighted by Crippen LogP contribution is 2.35. The second-order valence-corrected chi connectivity index (χ2v) is 5.46. The molecule has 0 saturated heterocycles. The van der Waals surface area contributed by atoms with Gasteiger partial charge in [-0.1, -0.05) is 65.9 Å². The van der Waals surface area contributed by atoms with E-state index in [0.29, 0.717) is 6.54 Å². The van der Waals surface area contributed by atoms with E-state index >= 15 is 0 Å². The van der Waals surface area contributed by atoms with Gasteiger partial charge in [0.05, 0.1) is 12.5 Å². The first-order chi connectivity index (χ1) is 10.3. The summed E-state index contributed by atoms with van der Waals surface area (Å²) < 4.78 is 0. The van der Waals surface area contributed by atoms with Crippen molar-refractivity contribution in [3.05, 3.63) is 69.7 Å². The van der Waals surface area contributed by atoms with Crippen LogP contribution in [0.1, 0.15) is 28.2 Å². The second-order valence-electron chi connectivity index (χ2n) is 5.02. The first kappa shape index (κ1) is 13.9. The average Bonchev–Trinajstić information content (AvgIpc) is 2.65. The summed E-state index contributed by atoms with van der Waals surface area (Å²) in [6.45, 7) is 0.683. The maximum Gasteiger partial charge on any atom is 0.0714 e. The fourth-order valence-corrected chi connectivity index (χ4v) is 2.80. The molecule has 0 amide bonds. The molecule has 1 unspecified atom stereocenters. The zero-order valence-corrected chi connectivity index (χ0v) is 12.6. The van der Waals surface area contributed by atoms with E-state index in [-0.39, 0.29) is 5.92 Å². The molecule has 1 aliphatic rings. The van der Waals surface area contributed by atoms with Gasteiger partial charge in [-0.2, -0.15) is 0 Å². The number of hydrogen-bond donors (Lipinski definition) is 1. The lowest BCUT2D eigenvalue weighted by molar-refractivity contribution is 0.934. The van der Waals surface area contributed by atoms with Crippen molar-refractivity contribution < 1.29 is 0 Å². The van der Waals surface area contributed by atoms with E-state index in [1.165, 1.54) is 22.3 Å². The molecule has 3 rings (SSSR count). The number of benzene rings is 2. The highest BCUT2D eigenvalue weighted by Gasteiger charge is 2.19. The molecular weight excluding hydrogens is 278 g/mol. The zero-order chi connectivity index (χ0) is 14.7. The van der Waals surface area contributed by atoms with Crippen molar-refractivity contribution in [1.29, 1.82) is 0 Å². The molecule has 1 nitrogen and oxygen atoms in total. The van der Waals surface area contributed by atoms with E-state index in [0.717, 1.165) is 5.02 Å². The molecule has 0 saturated carbocycles. The van der Waals surface area contributed by atoms with Crippen LogP contribution in [0.15, 0.2) is 42.5 Å². The van der Waals surface area contributed by atoms with Crippen LogP contribution in [-0.2, 0) is 0 Å². The minimum Gasteiger partial charge on any atom is -0.309 e. The smallest absolute Gasteiger partial charge is 0.0714 e. The van der Waals surface area contributed by atoms with Gasteiger partial charge in [0.25, 0.3) is 0 Å². The molecular formula is C19H16ClN. The van der Waals surface area contributed by atoms with Crippen molar-refractivity contribution in [3.8, 4) is 11.8 Å². The summed E-state index contributed by atoms with van der Waals surface area (Å²) >= 11 is 6.20. The predicted molar refractivity (Wildman–Crippen MR) is 90.4 cm³/mol. The third kappa shape index (κ3) is 2.88. The normalized spacial score (nSPS) is 15.4. The van der Waals surface area contributed by atoms with E-state index in [1.807, 2.05) is 19.2 Å². The number of nitrogens with one attached hydrogen (secondary N) is 1. The van der Waals surface area contributed by atoms with Gasteiger partial charge in [0, 0.05) is 5.02 Å². The van der Waals surface area contributed by atoms with E-state index < -0.39 is 0 Å². The number of hydrogen-bond acceptors (Lipinski definition) is 1. The van der Waals surface area contributed by atoms with Gasteiger partial charge in [-0.15, -0.1) is 0 Å². The summed E-state index contributed by atoms with van der Waals surface area (Å²) in [5.74, 6) is 6.65. The molecule has 0 aromatic heterocycles. The monoisotopic (exact) mass is 293 g/mol. The van der Waals surface area contributed by atoms with Crippen LogP contribution in [0.4, 0.5) is 0 Å². The SMILES string of the molecule is CNCC#CC1c2ccccc2C=Cc2ccc(Cl)cc21. The molecule has 1 aliphatic carbocycles.